The molecule has 1 aromatic carbocycles. The summed E-state index contributed by atoms with van der Waals surface area (Å²) in [5.41, 5.74) is -1.54. The Kier molecular flexibility index (Phi) is 6.52. The van der Waals surface area contributed by atoms with E-state index in [1.165, 1.54) is 26.2 Å². The summed E-state index contributed by atoms with van der Waals surface area (Å²) in [4.78, 5) is 48.5. The zero-order valence-electron chi connectivity index (χ0n) is 14.8. The van der Waals surface area contributed by atoms with Crippen LogP contribution in [0, 0.1) is 9.39 Å². The van der Waals surface area contributed by atoms with Crippen molar-refractivity contribution in [3.8, 4) is 0 Å². The zero-order chi connectivity index (χ0) is 20.3. The molecule has 0 radical (unpaired) electrons. The third kappa shape index (κ3) is 4.43. The summed E-state index contributed by atoms with van der Waals surface area (Å²) >= 11 is 1.96. The van der Waals surface area contributed by atoms with E-state index in [1.807, 2.05) is 22.6 Å². The molecule has 0 spiro atoms. The van der Waals surface area contributed by atoms with Crippen molar-refractivity contribution in [3.63, 3.8) is 0 Å². The molecule has 0 saturated carbocycles. The van der Waals surface area contributed by atoms with Crippen molar-refractivity contribution >= 4 is 34.5 Å². The van der Waals surface area contributed by atoms with E-state index < -0.39 is 35.5 Å². The molecule has 0 saturated heterocycles. The van der Waals surface area contributed by atoms with Gasteiger partial charge in [0, 0.05) is 29.8 Å². The van der Waals surface area contributed by atoms with Crippen LogP contribution in [0.5, 0.6) is 0 Å². The van der Waals surface area contributed by atoms with Gasteiger partial charge in [0.15, 0.2) is 0 Å². The maximum absolute atomic E-state index is 14.2. The van der Waals surface area contributed by atoms with E-state index in [0.29, 0.717) is 3.57 Å². The van der Waals surface area contributed by atoms with Crippen LogP contribution in [0.15, 0.2) is 27.8 Å². The normalized spacial score (nSPS) is 10.6. The monoisotopic (exact) mass is 489 g/mol. The Morgan fingerprint density at radius 1 is 1.22 bits per heavy atom. The van der Waals surface area contributed by atoms with E-state index in [1.54, 1.807) is 6.07 Å². The minimum atomic E-state index is -0.850. The molecule has 1 amide bonds. The molecule has 0 fully saturated rings. The molecule has 0 unspecified atom stereocenters. The lowest BCUT2D eigenvalue weighted by Crippen LogP contribution is -2.45. The van der Waals surface area contributed by atoms with Crippen LogP contribution >= 0.6 is 22.6 Å². The highest BCUT2D eigenvalue weighted by atomic mass is 127. The molecule has 10 heteroatoms. The van der Waals surface area contributed by atoms with Gasteiger partial charge in [0.2, 0.25) is 0 Å². The molecule has 0 aliphatic rings. The van der Waals surface area contributed by atoms with Gasteiger partial charge in [-0.05, 0) is 40.3 Å². The number of aromatic nitrogens is 2. The van der Waals surface area contributed by atoms with Crippen molar-refractivity contribution in [2.45, 2.75) is 6.42 Å². The van der Waals surface area contributed by atoms with Gasteiger partial charge in [0.1, 0.15) is 17.9 Å². The second-order valence-corrected chi connectivity index (χ2v) is 6.94. The Balaban J connectivity index is 2.58. The van der Waals surface area contributed by atoms with Gasteiger partial charge in [-0.2, -0.15) is 0 Å². The second-order valence-electron chi connectivity index (χ2n) is 5.70. The molecule has 2 rings (SSSR count). The number of halogens is 2. The molecule has 0 atom stereocenters. The molecule has 2 aromatic rings. The van der Waals surface area contributed by atoms with Crippen LogP contribution in [-0.2, 0) is 30.0 Å². The van der Waals surface area contributed by atoms with Gasteiger partial charge in [-0.1, -0.05) is 6.07 Å². The molecular weight excluding hydrogens is 472 g/mol. The predicted molar refractivity (Wildman–Crippen MR) is 103 cm³/mol. The van der Waals surface area contributed by atoms with Gasteiger partial charge in [0.05, 0.1) is 7.11 Å². The maximum atomic E-state index is 14.2. The molecule has 0 bridgehead atoms. The number of methoxy groups -OCH3 is 1. The van der Waals surface area contributed by atoms with Gasteiger partial charge >= 0.3 is 11.7 Å². The van der Waals surface area contributed by atoms with Gasteiger partial charge in [-0.25, -0.2) is 9.18 Å². The lowest BCUT2D eigenvalue weighted by Gasteiger charge is -2.15. The Labute approximate surface area is 167 Å². The summed E-state index contributed by atoms with van der Waals surface area (Å²) in [5, 5.41) is 2.28. The molecule has 8 nitrogen and oxygen atoms in total. The van der Waals surface area contributed by atoms with Gasteiger partial charge in [0.25, 0.3) is 11.5 Å². The third-order valence-electron chi connectivity index (χ3n) is 4.01. The topological polar surface area (TPSA) is 99.4 Å². The van der Waals surface area contributed by atoms with Gasteiger partial charge < -0.3 is 10.1 Å². The standard InChI is InChI=1S/C17H17FIN3O5/c1-21-12(6-9-4-5-10(19)7-11(9)18)14(16(25)22(2)17(21)26)15(24)20-8-13(23)27-3/h4-5,7H,6,8H2,1-3H3,(H,20,24). The summed E-state index contributed by atoms with van der Waals surface area (Å²) in [6.07, 6.45) is -0.147. The predicted octanol–water partition coefficient (Wildman–Crippen LogP) is 0.321. The van der Waals surface area contributed by atoms with Crippen molar-refractivity contribution < 1.29 is 18.7 Å². The molecule has 1 N–H and O–H groups in total. The Morgan fingerprint density at radius 2 is 1.89 bits per heavy atom. The number of esters is 1. The average Bonchev–Trinajstić information content (AvgIpc) is 2.64. The number of ether oxygens (including phenoxy) is 1. The first-order valence-corrected chi connectivity index (χ1v) is 8.83. The third-order valence-corrected chi connectivity index (χ3v) is 4.68. The highest BCUT2D eigenvalue weighted by molar-refractivity contribution is 14.1. The number of rotatable bonds is 5. The fourth-order valence-electron chi connectivity index (χ4n) is 2.48. The number of hydrogen-bond acceptors (Lipinski definition) is 5. The summed E-state index contributed by atoms with van der Waals surface area (Å²) in [7, 11) is 3.78. The molecule has 0 aliphatic heterocycles. The zero-order valence-corrected chi connectivity index (χ0v) is 17.0. The van der Waals surface area contributed by atoms with Crippen LogP contribution in [-0.4, -0.2) is 34.7 Å². The van der Waals surface area contributed by atoms with Crippen molar-refractivity contribution in [3.05, 3.63) is 65.2 Å². The Hall–Kier alpha value is -2.50. The van der Waals surface area contributed by atoms with E-state index in [-0.39, 0.29) is 23.2 Å². The quantitative estimate of drug-likeness (QED) is 0.482. The first-order chi connectivity index (χ1) is 12.7. The number of carbonyl (C=O) groups is 2. The fourth-order valence-corrected chi connectivity index (χ4v) is 2.93. The van der Waals surface area contributed by atoms with Crippen LogP contribution in [0.2, 0.25) is 0 Å². The largest absolute Gasteiger partial charge is 0.468 e. The maximum Gasteiger partial charge on any atom is 0.330 e. The van der Waals surface area contributed by atoms with Crippen molar-refractivity contribution in [2.24, 2.45) is 14.1 Å². The summed E-state index contributed by atoms with van der Waals surface area (Å²) in [6, 6.07) is 4.51. The van der Waals surface area contributed by atoms with Crippen molar-refractivity contribution in [1.82, 2.24) is 14.5 Å². The smallest absolute Gasteiger partial charge is 0.330 e. The highest BCUT2D eigenvalue weighted by Crippen LogP contribution is 2.17. The highest BCUT2D eigenvalue weighted by Gasteiger charge is 2.23. The number of carbonyl (C=O) groups excluding carboxylic acids is 2. The van der Waals surface area contributed by atoms with Crippen molar-refractivity contribution in [2.75, 3.05) is 13.7 Å². The molecule has 1 heterocycles. The van der Waals surface area contributed by atoms with E-state index in [9.17, 15) is 23.6 Å². The average molecular weight is 489 g/mol. The van der Waals surface area contributed by atoms with Gasteiger partial charge in [-0.3, -0.25) is 23.5 Å². The summed E-state index contributed by atoms with van der Waals surface area (Å²) in [6.45, 7) is -0.446. The van der Waals surface area contributed by atoms with E-state index in [0.717, 1.165) is 16.2 Å². The SMILES string of the molecule is COC(=O)CNC(=O)c1c(Cc2ccc(I)cc2F)n(C)c(=O)n(C)c1=O. The van der Waals surface area contributed by atoms with Crippen LogP contribution in [0.1, 0.15) is 21.6 Å². The molecule has 1 aromatic heterocycles. The fraction of sp³-hybridized carbons (Fsp3) is 0.294. The minimum absolute atomic E-state index is 0.0468. The van der Waals surface area contributed by atoms with Crippen LogP contribution in [0.25, 0.3) is 0 Å². The Morgan fingerprint density at radius 3 is 2.48 bits per heavy atom. The van der Waals surface area contributed by atoms with Crippen LogP contribution in [0.3, 0.4) is 0 Å². The molecule has 0 aliphatic carbocycles. The lowest BCUT2D eigenvalue weighted by molar-refractivity contribution is -0.139. The number of hydrogen-bond donors (Lipinski definition) is 1. The van der Waals surface area contributed by atoms with Crippen molar-refractivity contribution in [1.29, 1.82) is 0 Å². The minimum Gasteiger partial charge on any atom is -0.468 e. The van der Waals surface area contributed by atoms with Crippen LogP contribution < -0.4 is 16.6 Å². The number of benzene rings is 1. The first kappa shape index (κ1) is 20.8. The van der Waals surface area contributed by atoms with Gasteiger partial charge in [-0.15, -0.1) is 0 Å². The number of nitrogens with one attached hydrogen (secondary N) is 1. The van der Waals surface area contributed by atoms with E-state index in [4.69, 9.17) is 0 Å². The summed E-state index contributed by atoms with van der Waals surface area (Å²) in [5.74, 6) is -2.07. The van der Waals surface area contributed by atoms with Crippen LogP contribution in [0.4, 0.5) is 4.39 Å². The lowest BCUT2D eigenvalue weighted by atomic mass is 10.0. The number of nitrogens with zero attached hydrogens (tertiary/aromatic N) is 2. The molecular formula is C17H17FIN3O5. The Bertz CT molecular complexity index is 1030. The van der Waals surface area contributed by atoms with E-state index >= 15 is 0 Å². The molecule has 144 valence electrons. The number of amides is 1. The molecule has 27 heavy (non-hydrogen) atoms. The summed E-state index contributed by atoms with van der Waals surface area (Å²) < 4.78 is 21.3. The second kappa shape index (κ2) is 8.46. The van der Waals surface area contributed by atoms with E-state index in [2.05, 4.69) is 10.1 Å². The first-order valence-electron chi connectivity index (χ1n) is 7.75.